The molecule has 0 bridgehead atoms. The van der Waals surface area contributed by atoms with E-state index in [1.807, 2.05) is 0 Å². The monoisotopic (exact) mass is 271 g/mol. The van der Waals surface area contributed by atoms with Crippen molar-refractivity contribution in [1.82, 2.24) is 4.72 Å². The smallest absolute Gasteiger partial charge is 0.240 e. The van der Waals surface area contributed by atoms with Crippen LogP contribution < -0.4 is 4.72 Å². The van der Waals surface area contributed by atoms with Gasteiger partial charge in [0.15, 0.2) is 0 Å². The highest BCUT2D eigenvalue weighted by Crippen LogP contribution is 2.13. The summed E-state index contributed by atoms with van der Waals surface area (Å²) in [5, 5.41) is 8.79. The zero-order valence-electron chi connectivity index (χ0n) is 10.0. The van der Waals surface area contributed by atoms with Gasteiger partial charge in [0.25, 0.3) is 0 Å². The van der Waals surface area contributed by atoms with E-state index in [0.29, 0.717) is 26.1 Å². The Bertz CT molecular complexity index is 477. The van der Waals surface area contributed by atoms with Crippen molar-refractivity contribution in [2.24, 2.45) is 0 Å². The molecule has 2 N–H and O–H groups in total. The number of sulfonamides is 1. The van der Waals surface area contributed by atoms with Crippen LogP contribution in [0.5, 0.6) is 0 Å². The van der Waals surface area contributed by atoms with Gasteiger partial charge in [-0.05, 0) is 30.5 Å². The predicted molar refractivity (Wildman–Crippen MR) is 66.8 cm³/mol. The van der Waals surface area contributed by atoms with Crippen LogP contribution in [0, 0.1) is 0 Å². The number of benzene rings is 1. The third-order valence-electron chi connectivity index (χ3n) is 2.89. The summed E-state index contributed by atoms with van der Waals surface area (Å²) in [7, 11) is -3.47. The maximum atomic E-state index is 12.0. The summed E-state index contributed by atoms with van der Waals surface area (Å²) in [6, 6.07) is 6.42. The van der Waals surface area contributed by atoms with E-state index in [2.05, 4.69) is 4.72 Å². The molecular weight excluding hydrogens is 254 g/mol. The zero-order chi connectivity index (χ0) is 13.0. The number of rotatable bonds is 5. The van der Waals surface area contributed by atoms with Crippen molar-refractivity contribution >= 4 is 10.0 Å². The van der Waals surface area contributed by atoms with E-state index in [9.17, 15) is 8.42 Å². The molecule has 0 aliphatic carbocycles. The Balaban J connectivity index is 2.08. The van der Waals surface area contributed by atoms with Gasteiger partial charge in [0.2, 0.25) is 10.0 Å². The summed E-state index contributed by atoms with van der Waals surface area (Å²) >= 11 is 0. The lowest BCUT2D eigenvalue weighted by Crippen LogP contribution is -2.34. The normalized spacial score (nSPS) is 20.2. The fraction of sp³-hybridized carbons (Fsp3) is 0.500. The van der Waals surface area contributed by atoms with Crippen LogP contribution in [0.1, 0.15) is 12.0 Å². The van der Waals surface area contributed by atoms with Crippen molar-refractivity contribution in [3.63, 3.8) is 0 Å². The number of aliphatic hydroxyl groups excluding tert-OH is 1. The van der Waals surface area contributed by atoms with Crippen molar-refractivity contribution in [1.29, 1.82) is 0 Å². The van der Waals surface area contributed by atoms with Crippen LogP contribution in [-0.4, -0.2) is 39.4 Å². The summed E-state index contributed by atoms with van der Waals surface area (Å²) < 4.78 is 31.8. The molecule has 1 unspecified atom stereocenters. The average molecular weight is 271 g/mol. The molecule has 0 amide bonds. The highest BCUT2D eigenvalue weighted by atomic mass is 32.2. The molecule has 6 heteroatoms. The first kappa shape index (κ1) is 13.5. The Labute approximate surface area is 107 Å². The lowest BCUT2D eigenvalue weighted by Gasteiger charge is -2.11. The van der Waals surface area contributed by atoms with Crippen LogP contribution in [0.25, 0.3) is 0 Å². The Morgan fingerprint density at radius 1 is 1.33 bits per heavy atom. The maximum Gasteiger partial charge on any atom is 0.240 e. The van der Waals surface area contributed by atoms with Gasteiger partial charge in [-0.3, -0.25) is 0 Å². The van der Waals surface area contributed by atoms with E-state index in [1.165, 1.54) is 0 Å². The van der Waals surface area contributed by atoms with Gasteiger partial charge in [-0.1, -0.05) is 12.1 Å². The highest BCUT2D eigenvalue weighted by Gasteiger charge is 2.23. The van der Waals surface area contributed by atoms with Crippen LogP contribution in [0.3, 0.4) is 0 Å². The first-order valence-electron chi connectivity index (χ1n) is 5.92. The lowest BCUT2D eigenvalue weighted by molar-refractivity contribution is 0.192. The SMILES string of the molecule is O=S(=O)(NC1CCOC1)c1ccc(CCO)cc1. The quantitative estimate of drug-likeness (QED) is 0.807. The first-order chi connectivity index (χ1) is 8.62. The van der Waals surface area contributed by atoms with Crippen LogP contribution in [0.4, 0.5) is 0 Å². The van der Waals surface area contributed by atoms with E-state index in [4.69, 9.17) is 9.84 Å². The van der Waals surface area contributed by atoms with E-state index >= 15 is 0 Å². The fourth-order valence-corrected chi connectivity index (χ4v) is 3.13. The number of nitrogens with one attached hydrogen (secondary N) is 1. The van der Waals surface area contributed by atoms with Gasteiger partial charge in [-0.2, -0.15) is 0 Å². The molecule has 0 radical (unpaired) electrons. The Kier molecular flexibility index (Phi) is 4.34. The topological polar surface area (TPSA) is 75.6 Å². The second-order valence-electron chi connectivity index (χ2n) is 4.30. The van der Waals surface area contributed by atoms with Crippen LogP contribution in [-0.2, 0) is 21.2 Å². The molecule has 1 heterocycles. The van der Waals surface area contributed by atoms with Gasteiger partial charge in [0.1, 0.15) is 0 Å². The Hall–Kier alpha value is -0.950. The van der Waals surface area contributed by atoms with Crippen molar-refractivity contribution in [2.45, 2.75) is 23.8 Å². The largest absolute Gasteiger partial charge is 0.396 e. The van der Waals surface area contributed by atoms with Gasteiger partial charge < -0.3 is 9.84 Å². The molecule has 1 aliphatic heterocycles. The van der Waals surface area contributed by atoms with Crippen molar-refractivity contribution < 1.29 is 18.3 Å². The number of hydrogen-bond donors (Lipinski definition) is 2. The third kappa shape index (κ3) is 3.29. The summed E-state index contributed by atoms with van der Waals surface area (Å²) in [6.45, 7) is 1.09. The Morgan fingerprint density at radius 2 is 2.06 bits per heavy atom. The molecule has 1 aliphatic rings. The molecule has 0 aromatic heterocycles. The second-order valence-corrected chi connectivity index (χ2v) is 6.01. The summed E-state index contributed by atoms with van der Waals surface area (Å²) in [5.41, 5.74) is 0.917. The molecule has 18 heavy (non-hydrogen) atoms. The third-order valence-corrected chi connectivity index (χ3v) is 4.42. The molecule has 2 rings (SSSR count). The van der Waals surface area contributed by atoms with E-state index < -0.39 is 10.0 Å². The number of ether oxygens (including phenoxy) is 1. The first-order valence-corrected chi connectivity index (χ1v) is 7.40. The van der Waals surface area contributed by atoms with Crippen molar-refractivity contribution in [2.75, 3.05) is 19.8 Å². The van der Waals surface area contributed by atoms with E-state index in [0.717, 1.165) is 5.56 Å². The van der Waals surface area contributed by atoms with Crippen LogP contribution >= 0.6 is 0 Å². The molecule has 0 saturated carbocycles. The van der Waals surface area contributed by atoms with Crippen molar-refractivity contribution in [3.05, 3.63) is 29.8 Å². The second kappa shape index (κ2) is 5.79. The number of aliphatic hydroxyl groups is 1. The molecule has 1 aromatic rings. The fourth-order valence-electron chi connectivity index (χ4n) is 1.88. The molecule has 1 saturated heterocycles. The highest BCUT2D eigenvalue weighted by molar-refractivity contribution is 7.89. The summed E-state index contributed by atoms with van der Waals surface area (Å²) in [6.07, 6.45) is 1.24. The van der Waals surface area contributed by atoms with Crippen LogP contribution in [0.15, 0.2) is 29.2 Å². The van der Waals surface area contributed by atoms with E-state index in [1.54, 1.807) is 24.3 Å². The molecule has 1 atom stereocenters. The summed E-state index contributed by atoms with van der Waals surface area (Å²) in [4.78, 5) is 0.246. The van der Waals surface area contributed by atoms with Gasteiger partial charge >= 0.3 is 0 Å². The van der Waals surface area contributed by atoms with Gasteiger partial charge in [-0.25, -0.2) is 13.1 Å². The molecular formula is C12H17NO4S. The van der Waals surface area contributed by atoms with Gasteiger partial charge in [0, 0.05) is 19.3 Å². The molecule has 100 valence electrons. The van der Waals surface area contributed by atoms with Crippen LogP contribution in [0.2, 0.25) is 0 Å². The predicted octanol–water partition coefficient (Wildman–Crippen LogP) is 0.289. The number of hydrogen-bond acceptors (Lipinski definition) is 4. The maximum absolute atomic E-state index is 12.0. The van der Waals surface area contributed by atoms with Crippen molar-refractivity contribution in [3.8, 4) is 0 Å². The average Bonchev–Trinajstić information content (AvgIpc) is 2.82. The van der Waals surface area contributed by atoms with E-state index in [-0.39, 0.29) is 17.5 Å². The molecule has 5 nitrogen and oxygen atoms in total. The zero-order valence-corrected chi connectivity index (χ0v) is 10.8. The standard InChI is InChI=1S/C12H17NO4S/c14-7-5-10-1-3-12(4-2-10)18(15,16)13-11-6-8-17-9-11/h1-4,11,13-14H,5-9H2. The summed E-state index contributed by atoms with van der Waals surface area (Å²) in [5.74, 6) is 0. The molecule has 0 spiro atoms. The minimum Gasteiger partial charge on any atom is -0.396 e. The molecule has 1 fully saturated rings. The molecule has 1 aromatic carbocycles. The van der Waals surface area contributed by atoms with Gasteiger partial charge in [0.05, 0.1) is 11.5 Å². The van der Waals surface area contributed by atoms with Gasteiger partial charge in [-0.15, -0.1) is 0 Å². The lowest BCUT2D eigenvalue weighted by atomic mass is 10.2. The minimum atomic E-state index is -3.47. The Morgan fingerprint density at radius 3 is 2.61 bits per heavy atom. The minimum absolute atomic E-state index is 0.0593.